The molecule has 3 N–H and O–H groups in total. The van der Waals surface area contributed by atoms with Crippen molar-refractivity contribution < 1.29 is 4.79 Å². The number of rotatable bonds is 4. The number of carbonyl (C=O) groups excluding carboxylic acids is 1. The lowest BCUT2D eigenvalue weighted by atomic mass is 9.86. The van der Waals surface area contributed by atoms with Crippen LogP contribution in [-0.2, 0) is 12.8 Å². The summed E-state index contributed by atoms with van der Waals surface area (Å²) in [5, 5.41) is 2.91. The molecule has 0 unspecified atom stereocenters. The highest BCUT2D eigenvalue weighted by Gasteiger charge is 2.18. The molecule has 3 nitrogen and oxygen atoms in total. The minimum Gasteiger partial charge on any atom is -0.351 e. The van der Waals surface area contributed by atoms with Crippen LogP contribution in [0, 0.1) is 6.92 Å². The summed E-state index contributed by atoms with van der Waals surface area (Å²) in [5.74, 6) is -0.0283. The second kappa shape index (κ2) is 6.97. The standard InChI is InChI=1S/C20H24N2O/c1-14-6-8-15(9-7-14)18-12-16-4-2-3-5-17(16)13-19(18)20(23)22-11-10-21/h6-9,12-13H,2-5,10-11,21H2,1H3,(H,22,23). The van der Waals surface area contributed by atoms with Gasteiger partial charge in [-0.2, -0.15) is 0 Å². The Morgan fingerprint density at radius 2 is 1.74 bits per heavy atom. The molecule has 0 saturated carbocycles. The van der Waals surface area contributed by atoms with Crippen molar-refractivity contribution in [2.45, 2.75) is 32.6 Å². The lowest BCUT2D eigenvalue weighted by molar-refractivity contribution is 0.0955. The molecule has 0 saturated heterocycles. The summed E-state index contributed by atoms with van der Waals surface area (Å²) in [7, 11) is 0. The van der Waals surface area contributed by atoms with E-state index in [0.717, 1.165) is 29.5 Å². The average Bonchev–Trinajstić information content (AvgIpc) is 2.59. The van der Waals surface area contributed by atoms with Crippen LogP contribution in [0.2, 0.25) is 0 Å². The summed E-state index contributed by atoms with van der Waals surface area (Å²) in [6, 6.07) is 12.7. The molecule has 3 heteroatoms. The third kappa shape index (κ3) is 3.45. The van der Waals surface area contributed by atoms with Crippen LogP contribution >= 0.6 is 0 Å². The highest BCUT2D eigenvalue weighted by Crippen LogP contribution is 2.31. The van der Waals surface area contributed by atoms with Gasteiger partial charge in [-0.25, -0.2) is 0 Å². The van der Waals surface area contributed by atoms with Gasteiger partial charge < -0.3 is 11.1 Å². The quantitative estimate of drug-likeness (QED) is 0.911. The van der Waals surface area contributed by atoms with Gasteiger partial charge in [-0.3, -0.25) is 4.79 Å². The van der Waals surface area contributed by atoms with Crippen molar-refractivity contribution in [3.63, 3.8) is 0 Å². The number of fused-ring (bicyclic) bond motifs is 1. The van der Waals surface area contributed by atoms with Gasteiger partial charge in [-0.15, -0.1) is 0 Å². The maximum Gasteiger partial charge on any atom is 0.251 e. The summed E-state index contributed by atoms with van der Waals surface area (Å²) >= 11 is 0. The van der Waals surface area contributed by atoms with E-state index in [9.17, 15) is 4.79 Å². The molecule has 0 bridgehead atoms. The molecule has 0 aromatic heterocycles. The number of carbonyl (C=O) groups is 1. The number of benzene rings is 2. The van der Waals surface area contributed by atoms with Crippen LogP contribution in [0.4, 0.5) is 0 Å². The molecular weight excluding hydrogens is 284 g/mol. The van der Waals surface area contributed by atoms with Crippen LogP contribution in [0.5, 0.6) is 0 Å². The zero-order chi connectivity index (χ0) is 16.2. The monoisotopic (exact) mass is 308 g/mol. The normalized spacial score (nSPS) is 13.5. The first-order valence-electron chi connectivity index (χ1n) is 8.40. The number of hydrogen-bond acceptors (Lipinski definition) is 2. The second-order valence-electron chi connectivity index (χ2n) is 6.28. The first-order valence-corrected chi connectivity index (χ1v) is 8.40. The molecule has 0 spiro atoms. The highest BCUT2D eigenvalue weighted by molar-refractivity contribution is 6.01. The van der Waals surface area contributed by atoms with E-state index >= 15 is 0 Å². The van der Waals surface area contributed by atoms with Gasteiger partial charge in [-0.05, 0) is 60.9 Å². The minimum absolute atomic E-state index is 0.0283. The lowest BCUT2D eigenvalue weighted by Gasteiger charge is -2.20. The van der Waals surface area contributed by atoms with Crippen LogP contribution < -0.4 is 11.1 Å². The van der Waals surface area contributed by atoms with E-state index in [1.54, 1.807) is 0 Å². The zero-order valence-corrected chi connectivity index (χ0v) is 13.7. The molecule has 0 atom stereocenters. The molecule has 120 valence electrons. The molecule has 0 heterocycles. The van der Waals surface area contributed by atoms with Crippen molar-refractivity contribution in [1.82, 2.24) is 5.32 Å². The van der Waals surface area contributed by atoms with Crippen LogP contribution in [0.15, 0.2) is 36.4 Å². The molecular formula is C20H24N2O. The third-order valence-electron chi connectivity index (χ3n) is 4.52. The third-order valence-corrected chi connectivity index (χ3v) is 4.52. The Morgan fingerprint density at radius 3 is 2.39 bits per heavy atom. The van der Waals surface area contributed by atoms with Crippen molar-refractivity contribution in [3.05, 3.63) is 58.7 Å². The molecule has 2 aromatic carbocycles. The summed E-state index contributed by atoms with van der Waals surface area (Å²) in [5.41, 5.74) is 12.3. The summed E-state index contributed by atoms with van der Waals surface area (Å²) in [6.07, 6.45) is 4.62. The van der Waals surface area contributed by atoms with Gasteiger partial charge in [0.05, 0.1) is 0 Å². The van der Waals surface area contributed by atoms with Gasteiger partial charge in [0, 0.05) is 18.7 Å². The zero-order valence-electron chi connectivity index (χ0n) is 13.7. The topological polar surface area (TPSA) is 55.1 Å². The summed E-state index contributed by atoms with van der Waals surface area (Å²) in [4.78, 5) is 12.6. The van der Waals surface area contributed by atoms with Crippen molar-refractivity contribution in [1.29, 1.82) is 0 Å². The minimum atomic E-state index is -0.0283. The first-order chi connectivity index (χ1) is 11.2. The van der Waals surface area contributed by atoms with E-state index in [-0.39, 0.29) is 5.91 Å². The predicted molar refractivity (Wildman–Crippen MR) is 94.6 cm³/mol. The second-order valence-corrected chi connectivity index (χ2v) is 6.28. The Hall–Kier alpha value is -2.13. The van der Waals surface area contributed by atoms with Crippen molar-refractivity contribution in [2.75, 3.05) is 13.1 Å². The maximum atomic E-state index is 12.6. The Morgan fingerprint density at radius 1 is 1.09 bits per heavy atom. The molecule has 0 radical (unpaired) electrons. The Kier molecular flexibility index (Phi) is 4.77. The molecule has 23 heavy (non-hydrogen) atoms. The number of nitrogens with one attached hydrogen (secondary N) is 1. The highest BCUT2D eigenvalue weighted by atomic mass is 16.1. The molecule has 3 rings (SSSR count). The molecule has 2 aromatic rings. The lowest BCUT2D eigenvalue weighted by Crippen LogP contribution is -2.29. The molecule has 1 amide bonds. The fourth-order valence-corrected chi connectivity index (χ4v) is 3.23. The maximum absolute atomic E-state index is 12.6. The fourth-order valence-electron chi connectivity index (χ4n) is 3.23. The van der Waals surface area contributed by atoms with E-state index < -0.39 is 0 Å². The number of hydrogen-bond donors (Lipinski definition) is 2. The van der Waals surface area contributed by atoms with E-state index in [4.69, 9.17) is 5.73 Å². The smallest absolute Gasteiger partial charge is 0.251 e. The van der Waals surface area contributed by atoms with Crippen molar-refractivity contribution in [2.24, 2.45) is 5.73 Å². The van der Waals surface area contributed by atoms with Gasteiger partial charge in [0.1, 0.15) is 0 Å². The number of amides is 1. The van der Waals surface area contributed by atoms with Crippen molar-refractivity contribution >= 4 is 5.91 Å². The summed E-state index contributed by atoms with van der Waals surface area (Å²) < 4.78 is 0. The van der Waals surface area contributed by atoms with Gasteiger partial charge in [0.25, 0.3) is 5.91 Å². The summed E-state index contributed by atoms with van der Waals surface area (Å²) in [6.45, 7) is 3.03. The van der Waals surface area contributed by atoms with Crippen LogP contribution in [0.3, 0.4) is 0 Å². The molecule has 0 fully saturated rings. The predicted octanol–water partition coefficient (Wildman–Crippen LogP) is 3.23. The average molecular weight is 308 g/mol. The first kappa shape index (κ1) is 15.8. The fraction of sp³-hybridized carbons (Fsp3) is 0.350. The van der Waals surface area contributed by atoms with Crippen LogP contribution in [0.25, 0.3) is 11.1 Å². The van der Waals surface area contributed by atoms with Crippen molar-refractivity contribution in [3.8, 4) is 11.1 Å². The Bertz CT molecular complexity index is 704. The van der Waals surface area contributed by atoms with Gasteiger partial charge >= 0.3 is 0 Å². The number of nitrogens with two attached hydrogens (primary N) is 1. The van der Waals surface area contributed by atoms with E-state index in [0.29, 0.717) is 13.1 Å². The van der Waals surface area contributed by atoms with Crippen LogP contribution in [-0.4, -0.2) is 19.0 Å². The van der Waals surface area contributed by atoms with Gasteiger partial charge in [-0.1, -0.05) is 35.9 Å². The Balaban J connectivity index is 2.07. The van der Waals surface area contributed by atoms with Gasteiger partial charge in [0.15, 0.2) is 0 Å². The number of aryl methyl sites for hydroxylation is 3. The largest absolute Gasteiger partial charge is 0.351 e. The van der Waals surface area contributed by atoms with E-state index in [1.807, 2.05) is 0 Å². The van der Waals surface area contributed by atoms with Gasteiger partial charge in [0.2, 0.25) is 0 Å². The Labute approximate surface area is 137 Å². The van der Waals surface area contributed by atoms with Crippen LogP contribution in [0.1, 0.15) is 39.9 Å². The molecule has 1 aliphatic rings. The molecule has 0 aliphatic heterocycles. The van der Waals surface area contributed by atoms with E-state index in [2.05, 4.69) is 48.6 Å². The SMILES string of the molecule is Cc1ccc(-c2cc3c(cc2C(=O)NCCN)CCCC3)cc1. The van der Waals surface area contributed by atoms with E-state index in [1.165, 1.54) is 29.5 Å². The molecule has 1 aliphatic carbocycles.